The van der Waals surface area contributed by atoms with Crippen molar-refractivity contribution in [3.05, 3.63) is 93.2 Å². The highest BCUT2D eigenvalue weighted by atomic mass is 35.5. The largest absolute Gasteiger partial charge is 0.507 e. The van der Waals surface area contributed by atoms with Gasteiger partial charge in [-0.25, -0.2) is 0 Å². The maximum Gasteiger partial charge on any atom is 0.300 e. The lowest BCUT2D eigenvalue weighted by molar-refractivity contribution is -0.132. The van der Waals surface area contributed by atoms with Gasteiger partial charge in [-0.1, -0.05) is 41.4 Å². The van der Waals surface area contributed by atoms with Gasteiger partial charge in [0, 0.05) is 17.4 Å². The zero-order valence-corrected chi connectivity index (χ0v) is 18.7. The number of aliphatic hydroxyl groups excluding tert-OH is 1. The molecule has 0 saturated carbocycles. The molecule has 1 unspecified atom stereocenters. The molecule has 1 atom stereocenters. The average Bonchev–Trinajstić information content (AvgIpc) is 3.04. The lowest BCUT2D eigenvalue weighted by atomic mass is 9.98. The molecule has 2 aromatic carbocycles. The van der Waals surface area contributed by atoms with Gasteiger partial charge in [-0.3, -0.25) is 19.5 Å². The van der Waals surface area contributed by atoms with Crippen molar-refractivity contribution in [1.82, 2.24) is 4.98 Å². The van der Waals surface area contributed by atoms with Gasteiger partial charge < -0.3 is 9.84 Å². The summed E-state index contributed by atoms with van der Waals surface area (Å²) in [6.45, 7) is 1.89. The number of pyridine rings is 1. The number of rotatable bonds is 4. The predicted molar refractivity (Wildman–Crippen MR) is 123 cm³/mol. The molecule has 0 bridgehead atoms. The summed E-state index contributed by atoms with van der Waals surface area (Å²) >= 11 is 12.5. The van der Waals surface area contributed by atoms with Crippen LogP contribution in [0, 0.1) is 6.92 Å². The third-order valence-corrected chi connectivity index (χ3v) is 5.73. The van der Waals surface area contributed by atoms with Gasteiger partial charge in [0.05, 0.1) is 28.4 Å². The van der Waals surface area contributed by atoms with Gasteiger partial charge in [-0.15, -0.1) is 0 Å². The highest BCUT2D eigenvalue weighted by molar-refractivity contribution is 6.51. The van der Waals surface area contributed by atoms with Crippen LogP contribution in [0.5, 0.6) is 5.75 Å². The van der Waals surface area contributed by atoms with Gasteiger partial charge in [0.2, 0.25) is 0 Å². The fourth-order valence-electron chi connectivity index (χ4n) is 3.74. The number of ketones is 1. The molecule has 162 valence electrons. The van der Waals surface area contributed by atoms with Crippen LogP contribution in [0.4, 0.5) is 5.69 Å². The lowest BCUT2D eigenvalue weighted by Gasteiger charge is -2.25. The number of hydrogen-bond acceptors (Lipinski definition) is 5. The van der Waals surface area contributed by atoms with Crippen molar-refractivity contribution in [1.29, 1.82) is 0 Å². The molecule has 1 saturated heterocycles. The zero-order valence-electron chi connectivity index (χ0n) is 17.2. The first-order chi connectivity index (χ1) is 15.3. The molecule has 2 heterocycles. The molecule has 6 nitrogen and oxygen atoms in total. The molecule has 3 aromatic rings. The highest BCUT2D eigenvalue weighted by Crippen LogP contribution is 2.43. The molecule has 4 rings (SSSR count). The number of aryl methyl sites for hydroxylation is 1. The Hall–Kier alpha value is -3.35. The number of aliphatic hydroxyl groups is 1. The molecule has 8 heteroatoms. The van der Waals surface area contributed by atoms with E-state index in [1.165, 1.54) is 24.1 Å². The number of halogens is 2. The fourth-order valence-corrected chi connectivity index (χ4v) is 4.38. The summed E-state index contributed by atoms with van der Waals surface area (Å²) in [5, 5.41) is 11.5. The zero-order chi connectivity index (χ0) is 23.0. The molecule has 1 aliphatic rings. The van der Waals surface area contributed by atoms with Gasteiger partial charge in [-0.05, 0) is 48.9 Å². The Morgan fingerprint density at radius 3 is 2.38 bits per heavy atom. The SMILES string of the molecule is COc1c(Cl)cc(/C(O)=C2\C(=O)C(=O)N(c3cccc(C)c3)C2c2ccccn2)cc1Cl. The normalized spacial score (nSPS) is 17.6. The summed E-state index contributed by atoms with van der Waals surface area (Å²) in [5.74, 6) is -1.76. The second-order valence-corrected chi connectivity index (χ2v) is 8.05. The first-order valence-corrected chi connectivity index (χ1v) is 10.4. The van der Waals surface area contributed by atoms with Crippen molar-refractivity contribution in [3.63, 3.8) is 0 Å². The maximum absolute atomic E-state index is 13.1. The summed E-state index contributed by atoms with van der Waals surface area (Å²) in [6, 6.07) is 14.3. The Morgan fingerprint density at radius 2 is 1.78 bits per heavy atom. The van der Waals surface area contributed by atoms with Crippen molar-refractivity contribution >= 4 is 46.3 Å². The smallest absolute Gasteiger partial charge is 0.300 e. The lowest BCUT2D eigenvalue weighted by Crippen LogP contribution is -2.29. The third-order valence-electron chi connectivity index (χ3n) is 5.17. The van der Waals surface area contributed by atoms with Crippen molar-refractivity contribution in [2.24, 2.45) is 0 Å². The fraction of sp³-hybridized carbons (Fsp3) is 0.125. The number of Topliss-reactive ketones (excluding diaryl/α,β-unsaturated/α-hetero) is 1. The van der Waals surface area contributed by atoms with Gasteiger partial charge in [0.1, 0.15) is 11.8 Å². The molecule has 1 aliphatic heterocycles. The van der Waals surface area contributed by atoms with Crippen molar-refractivity contribution in [3.8, 4) is 5.75 Å². The van der Waals surface area contributed by atoms with Crippen LogP contribution in [0.25, 0.3) is 5.76 Å². The second-order valence-electron chi connectivity index (χ2n) is 7.24. The van der Waals surface area contributed by atoms with Crippen LogP contribution in [-0.4, -0.2) is 28.9 Å². The Kier molecular flexibility index (Phi) is 5.91. The Balaban J connectivity index is 1.96. The first kappa shape index (κ1) is 21.9. The van der Waals surface area contributed by atoms with E-state index in [0.29, 0.717) is 11.4 Å². The molecule has 1 fully saturated rings. The van der Waals surface area contributed by atoms with Crippen LogP contribution < -0.4 is 9.64 Å². The summed E-state index contributed by atoms with van der Waals surface area (Å²) in [6.07, 6.45) is 1.56. The number of hydrogen-bond donors (Lipinski definition) is 1. The van der Waals surface area contributed by atoms with Gasteiger partial charge in [0.15, 0.2) is 5.75 Å². The first-order valence-electron chi connectivity index (χ1n) is 9.65. The van der Waals surface area contributed by atoms with E-state index in [0.717, 1.165) is 5.56 Å². The molecule has 0 spiro atoms. The predicted octanol–water partition coefficient (Wildman–Crippen LogP) is 5.33. The van der Waals surface area contributed by atoms with E-state index in [9.17, 15) is 14.7 Å². The van der Waals surface area contributed by atoms with Crippen LogP contribution in [-0.2, 0) is 9.59 Å². The second kappa shape index (κ2) is 8.65. The summed E-state index contributed by atoms with van der Waals surface area (Å²) in [4.78, 5) is 31.9. The average molecular weight is 469 g/mol. The molecule has 1 amide bonds. The molecule has 1 aromatic heterocycles. The number of carbonyl (C=O) groups is 2. The van der Waals surface area contributed by atoms with Crippen molar-refractivity contribution < 1.29 is 19.4 Å². The van der Waals surface area contributed by atoms with E-state index in [-0.39, 0.29) is 26.9 Å². The van der Waals surface area contributed by atoms with Crippen molar-refractivity contribution in [2.45, 2.75) is 13.0 Å². The van der Waals surface area contributed by atoms with Crippen LogP contribution in [0.3, 0.4) is 0 Å². The highest BCUT2D eigenvalue weighted by Gasteiger charge is 2.47. The van der Waals surface area contributed by atoms with Crippen LogP contribution in [0.1, 0.15) is 22.9 Å². The minimum atomic E-state index is -0.933. The number of amides is 1. The van der Waals surface area contributed by atoms with Crippen LogP contribution >= 0.6 is 23.2 Å². The van der Waals surface area contributed by atoms with E-state index in [4.69, 9.17) is 27.9 Å². The summed E-state index contributed by atoms with van der Waals surface area (Å²) in [7, 11) is 1.42. The molecule has 1 N–H and O–H groups in total. The van der Waals surface area contributed by atoms with Gasteiger partial charge >= 0.3 is 0 Å². The quantitative estimate of drug-likeness (QED) is 0.317. The topological polar surface area (TPSA) is 79.7 Å². The minimum absolute atomic E-state index is 0.104. The Bertz CT molecular complexity index is 1230. The van der Waals surface area contributed by atoms with E-state index >= 15 is 0 Å². The standard InChI is InChI=1S/C24H18Cl2N2O4/c1-13-6-5-7-15(10-13)28-20(18-8-3-4-9-27-18)19(22(30)24(28)31)21(29)14-11-16(25)23(32-2)17(26)12-14/h3-12,20,29H,1-2H3/b21-19+. The minimum Gasteiger partial charge on any atom is -0.507 e. The Morgan fingerprint density at radius 1 is 1.06 bits per heavy atom. The van der Waals surface area contributed by atoms with Gasteiger partial charge in [0.25, 0.3) is 11.7 Å². The van der Waals surface area contributed by atoms with E-state index in [1.807, 2.05) is 13.0 Å². The number of nitrogens with zero attached hydrogens (tertiary/aromatic N) is 2. The van der Waals surface area contributed by atoms with Crippen LogP contribution in [0.2, 0.25) is 10.0 Å². The molecular formula is C24H18Cl2N2O4. The van der Waals surface area contributed by atoms with Crippen LogP contribution in [0.15, 0.2) is 66.4 Å². The van der Waals surface area contributed by atoms with E-state index in [2.05, 4.69) is 4.98 Å². The molecule has 0 radical (unpaired) electrons. The number of methoxy groups -OCH3 is 1. The molecule has 32 heavy (non-hydrogen) atoms. The number of ether oxygens (including phenoxy) is 1. The number of benzene rings is 2. The number of aromatic nitrogens is 1. The number of anilines is 1. The monoisotopic (exact) mass is 468 g/mol. The van der Waals surface area contributed by atoms with E-state index in [1.54, 1.807) is 42.6 Å². The number of carbonyl (C=O) groups excluding carboxylic acids is 2. The maximum atomic E-state index is 13.1. The van der Waals surface area contributed by atoms with Gasteiger partial charge in [-0.2, -0.15) is 0 Å². The summed E-state index contributed by atoms with van der Waals surface area (Å²) < 4.78 is 5.15. The van der Waals surface area contributed by atoms with E-state index < -0.39 is 23.5 Å². The Labute approximate surface area is 194 Å². The molecule has 0 aliphatic carbocycles. The third kappa shape index (κ3) is 3.72. The molecular weight excluding hydrogens is 451 g/mol. The summed E-state index contributed by atoms with van der Waals surface area (Å²) in [5.41, 5.74) is 1.95. The van der Waals surface area contributed by atoms with Crippen molar-refractivity contribution in [2.75, 3.05) is 12.0 Å².